The quantitative estimate of drug-likeness (QED) is 0.622. The second-order valence-corrected chi connectivity index (χ2v) is 6.24. The first-order chi connectivity index (χ1) is 14.1. The minimum Gasteiger partial charge on any atom is -0.497 e. The molecule has 29 heavy (non-hydrogen) atoms. The Hall–Kier alpha value is -3.74. The van der Waals surface area contributed by atoms with Crippen molar-refractivity contribution in [2.24, 2.45) is 0 Å². The first-order valence-electron chi connectivity index (χ1n) is 9.00. The summed E-state index contributed by atoms with van der Waals surface area (Å²) >= 11 is 0. The topological polar surface area (TPSA) is 90.4 Å². The van der Waals surface area contributed by atoms with Crippen molar-refractivity contribution in [1.82, 2.24) is 15.3 Å². The third-order valence-electron chi connectivity index (χ3n) is 4.37. The van der Waals surface area contributed by atoms with E-state index < -0.39 is 12.0 Å². The van der Waals surface area contributed by atoms with E-state index in [4.69, 9.17) is 9.47 Å². The van der Waals surface area contributed by atoms with Crippen LogP contribution < -0.4 is 10.1 Å². The molecule has 0 saturated carbocycles. The summed E-state index contributed by atoms with van der Waals surface area (Å²) in [6.45, 7) is 0. The summed E-state index contributed by atoms with van der Waals surface area (Å²) in [6.07, 6.45) is 2.93. The van der Waals surface area contributed by atoms with Crippen molar-refractivity contribution in [3.05, 3.63) is 78.1 Å². The molecule has 1 heterocycles. The van der Waals surface area contributed by atoms with Crippen LogP contribution in [0.1, 0.15) is 28.4 Å². The highest BCUT2D eigenvalue weighted by Crippen LogP contribution is 2.21. The molecule has 2 aromatic carbocycles. The van der Waals surface area contributed by atoms with Crippen LogP contribution in [0, 0.1) is 0 Å². The molecule has 148 valence electrons. The van der Waals surface area contributed by atoms with Crippen LogP contribution in [0.2, 0.25) is 0 Å². The summed E-state index contributed by atoms with van der Waals surface area (Å²) < 4.78 is 9.91. The second-order valence-electron chi connectivity index (χ2n) is 6.24. The van der Waals surface area contributed by atoms with E-state index in [2.05, 4.69) is 15.3 Å². The van der Waals surface area contributed by atoms with E-state index in [0.717, 1.165) is 11.1 Å². The summed E-state index contributed by atoms with van der Waals surface area (Å²) in [5, 5.41) is 2.85. The van der Waals surface area contributed by atoms with Crippen molar-refractivity contribution in [3.8, 4) is 17.1 Å². The number of hydrogen-bond acceptors (Lipinski definition) is 6. The smallest absolute Gasteiger partial charge is 0.307 e. The first-order valence-corrected chi connectivity index (χ1v) is 9.00. The van der Waals surface area contributed by atoms with Gasteiger partial charge in [-0.15, -0.1) is 0 Å². The maximum Gasteiger partial charge on any atom is 0.307 e. The number of amides is 1. The Morgan fingerprint density at radius 2 is 1.62 bits per heavy atom. The van der Waals surface area contributed by atoms with Crippen LogP contribution in [0.4, 0.5) is 0 Å². The molecule has 7 heteroatoms. The Bertz CT molecular complexity index is 958. The predicted octanol–water partition coefficient (Wildman–Crippen LogP) is 3.19. The van der Waals surface area contributed by atoms with Crippen LogP contribution in [0.5, 0.6) is 5.75 Å². The fourth-order valence-electron chi connectivity index (χ4n) is 2.76. The standard InChI is InChI=1S/C22H21N3O4/c1-28-18-10-8-15(9-11-18)19(12-20(26)29-2)25-22(27)17-13-23-21(24-14-17)16-6-4-3-5-7-16/h3-11,13-14,19H,12H2,1-2H3,(H,25,27). The third-order valence-corrected chi connectivity index (χ3v) is 4.37. The molecule has 1 N–H and O–H groups in total. The number of carbonyl (C=O) groups is 2. The van der Waals surface area contributed by atoms with Gasteiger partial charge < -0.3 is 14.8 Å². The first kappa shape index (κ1) is 20.0. The number of esters is 1. The van der Waals surface area contributed by atoms with Gasteiger partial charge in [0.25, 0.3) is 5.91 Å². The van der Waals surface area contributed by atoms with Gasteiger partial charge in [-0.25, -0.2) is 9.97 Å². The molecule has 0 aliphatic carbocycles. The molecule has 0 aliphatic heterocycles. The van der Waals surface area contributed by atoms with Gasteiger partial charge in [0.05, 0.1) is 32.2 Å². The number of ether oxygens (including phenoxy) is 2. The van der Waals surface area contributed by atoms with Crippen molar-refractivity contribution >= 4 is 11.9 Å². The van der Waals surface area contributed by atoms with E-state index >= 15 is 0 Å². The van der Waals surface area contributed by atoms with Crippen LogP contribution >= 0.6 is 0 Å². The third kappa shape index (κ3) is 5.16. The fraction of sp³-hybridized carbons (Fsp3) is 0.182. The van der Waals surface area contributed by atoms with E-state index in [-0.39, 0.29) is 12.3 Å². The maximum absolute atomic E-state index is 12.7. The largest absolute Gasteiger partial charge is 0.497 e. The average Bonchev–Trinajstić information content (AvgIpc) is 2.79. The SMILES string of the molecule is COC(=O)CC(NC(=O)c1cnc(-c2ccccc2)nc1)c1ccc(OC)cc1. The summed E-state index contributed by atoms with van der Waals surface area (Å²) in [5.41, 5.74) is 1.92. The summed E-state index contributed by atoms with van der Waals surface area (Å²) in [6, 6.07) is 16.0. The normalized spacial score (nSPS) is 11.4. The number of hydrogen-bond donors (Lipinski definition) is 1. The van der Waals surface area contributed by atoms with Crippen molar-refractivity contribution < 1.29 is 19.1 Å². The van der Waals surface area contributed by atoms with Crippen molar-refractivity contribution in [3.63, 3.8) is 0 Å². The molecular weight excluding hydrogens is 370 g/mol. The summed E-state index contributed by atoms with van der Waals surface area (Å²) in [5.74, 6) is 0.404. The second kappa shape index (κ2) is 9.45. The number of benzene rings is 2. The molecule has 0 bridgehead atoms. The van der Waals surface area contributed by atoms with Crippen LogP contribution in [0.25, 0.3) is 11.4 Å². The molecule has 7 nitrogen and oxygen atoms in total. The lowest BCUT2D eigenvalue weighted by atomic mass is 10.0. The van der Waals surface area contributed by atoms with E-state index in [1.807, 2.05) is 30.3 Å². The van der Waals surface area contributed by atoms with Crippen LogP contribution in [-0.4, -0.2) is 36.1 Å². The fourth-order valence-corrected chi connectivity index (χ4v) is 2.76. The molecule has 0 radical (unpaired) electrons. The minimum atomic E-state index is -0.561. The zero-order chi connectivity index (χ0) is 20.6. The number of carbonyl (C=O) groups excluding carboxylic acids is 2. The van der Waals surface area contributed by atoms with Gasteiger partial charge in [-0.1, -0.05) is 42.5 Å². The van der Waals surface area contributed by atoms with E-state index in [0.29, 0.717) is 17.1 Å². The predicted molar refractivity (Wildman–Crippen MR) is 107 cm³/mol. The Morgan fingerprint density at radius 1 is 0.966 bits per heavy atom. The van der Waals surface area contributed by atoms with Gasteiger partial charge in [0.2, 0.25) is 0 Å². The number of nitrogens with one attached hydrogen (secondary N) is 1. The lowest BCUT2D eigenvalue weighted by Gasteiger charge is -2.18. The van der Waals surface area contributed by atoms with Crippen molar-refractivity contribution in [2.45, 2.75) is 12.5 Å². The summed E-state index contributed by atoms with van der Waals surface area (Å²) in [4.78, 5) is 33.1. The van der Waals surface area contributed by atoms with Crippen molar-refractivity contribution in [2.75, 3.05) is 14.2 Å². The average molecular weight is 391 g/mol. The number of methoxy groups -OCH3 is 2. The van der Waals surface area contributed by atoms with Gasteiger partial charge in [0.15, 0.2) is 5.82 Å². The molecule has 0 spiro atoms. The molecule has 0 fully saturated rings. The van der Waals surface area contributed by atoms with Gasteiger partial charge in [-0.3, -0.25) is 9.59 Å². The molecule has 3 rings (SSSR count). The van der Waals surface area contributed by atoms with E-state index in [1.165, 1.54) is 19.5 Å². The molecule has 1 atom stereocenters. The molecule has 3 aromatic rings. The Morgan fingerprint density at radius 3 is 2.21 bits per heavy atom. The Kier molecular flexibility index (Phi) is 6.52. The highest BCUT2D eigenvalue weighted by atomic mass is 16.5. The number of nitrogens with zero attached hydrogens (tertiary/aromatic N) is 2. The zero-order valence-corrected chi connectivity index (χ0v) is 16.2. The number of rotatable bonds is 7. The van der Waals surface area contributed by atoms with Crippen molar-refractivity contribution in [1.29, 1.82) is 0 Å². The van der Waals surface area contributed by atoms with E-state index in [1.54, 1.807) is 31.4 Å². The van der Waals surface area contributed by atoms with Gasteiger partial charge in [-0.05, 0) is 17.7 Å². The molecule has 0 aliphatic rings. The Balaban J connectivity index is 1.77. The molecule has 1 unspecified atom stereocenters. The maximum atomic E-state index is 12.7. The highest BCUT2D eigenvalue weighted by molar-refractivity contribution is 5.94. The van der Waals surface area contributed by atoms with Gasteiger partial charge in [0.1, 0.15) is 5.75 Å². The van der Waals surface area contributed by atoms with Gasteiger partial charge in [0, 0.05) is 18.0 Å². The molecule has 1 aromatic heterocycles. The van der Waals surface area contributed by atoms with Crippen LogP contribution in [0.3, 0.4) is 0 Å². The van der Waals surface area contributed by atoms with E-state index in [9.17, 15) is 9.59 Å². The molecule has 0 saturated heterocycles. The monoisotopic (exact) mass is 391 g/mol. The minimum absolute atomic E-state index is 0.00246. The van der Waals surface area contributed by atoms with Gasteiger partial charge in [-0.2, -0.15) is 0 Å². The number of aromatic nitrogens is 2. The Labute approximate surface area is 168 Å². The van der Waals surface area contributed by atoms with Gasteiger partial charge >= 0.3 is 5.97 Å². The van der Waals surface area contributed by atoms with Crippen LogP contribution in [0.15, 0.2) is 67.0 Å². The van der Waals surface area contributed by atoms with Crippen LogP contribution in [-0.2, 0) is 9.53 Å². The lowest BCUT2D eigenvalue weighted by Crippen LogP contribution is -2.30. The lowest BCUT2D eigenvalue weighted by molar-refractivity contribution is -0.141. The zero-order valence-electron chi connectivity index (χ0n) is 16.2. The molecule has 1 amide bonds. The molecular formula is C22H21N3O4. The summed E-state index contributed by atoms with van der Waals surface area (Å²) in [7, 11) is 2.88. The highest BCUT2D eigenvalue weighted by Gasteiger charge is 2.20.